The van der Waals surface area contributed by atoms with Gasteiger partial charge >= 0.3 is 0 Å². The molecule has 2 aliphatic rings. The van der Waals surface area contributed by atoms with Gasteiger partial charge in [0.1, 0.15) is 6.54 Å². The number of carbonyl (C=O) groups is 1. The maximum Gasteiger partial charge on any atom is 0.244 e. The van der Waals surface area contributed by atoms with Crippen molar-refractivity contribution >= 4 is 5.91 Å². The van der Waals surface area contributed by atoms with Crippen molar-refractivity contribution in [1.29, 1.82) is 0 Å². The number of rotatable bonds is 3. The van der Waals surface area contributed by atoms with Crippen LogP contribution < -0.4 is 5.73 Å². The maximum absolute atomic E-state index is 12.4. The summed E-state index contributed by atoms with van der Waals surface area (Å²) in [6.07, 6.45) is 7.96. The lowest BCUT2D eigenvalue weighted by Gasteiger charge is -2.31. The molecule has 6 heteroatoms. The predicted molar refractivity (Wildman–Crippen MR) is 70.0 cm³/mol. The van der Waals surface area contributed by atoms with Gasteiger partial charge in [0.05, 0.1) is 11.9 Å². The normalized spacial score (nSPS) is 26.5. The van der Waals surface area contributed by atoms with E-state index in [-0.39, 0.29) is 12.5 Å². The molecule has 1 amide bonds. The topological polar surface area (TPSA) is 77.0 Å². The van der Waals surface area contributed by atoms with E-state index < -0.39 is 0 Å². The molecular weight excluding hydrogens is 242 g/mol. The summed E-state index contributed by atoms with van der Waals surface area (Å²) in [6, 6.07) is 0.471. The summed E-state index contributed by atoms with van der Waals surface area (Å²) in [5, 5.41) is 7.85. The van der Waals surface area contributed by atoms with Gasteiger partial charge in [0.25, 0.3) is 0 Å². The zero-order chi connectivity index (χ0) is 13.2. The Labute approximate surface area is 112 Å². The number of carbonyl (C=O) groups excluding carboxylic acids is 1. The van der Waals surface area contributed by atoms with Crippen LogP contribution in [0.2, 0.25) is 0 Å². The Morgan fingerprint density at radius 2 is 2.21 bits per heavy atom. The Kier molecular flexibility index (Phi) is 3.50. The van der Waals surface area contributed by atoms with Crippen molar-refractivity contribution in [3.05, 3.63) is 11.9 Å². The Hall–Kier alpha value is -1.43. The Morgan fingerprint density at radius 1 is 1.37 bits per heavy atom. The first-order valence-electron chi connectivity index (χ1n) is 7.16. The molecule has 2 fully saturated rings. The van der Waals surface area contributed by atoms with Gasteiger partial charge in [-0.2, -0.15) is 0 Å². The molecular formula is C13H21N5O. The molecule has 1 saturated heterocycles. The summed E-state index contributed by atoms with van der Waals surface area (Å²) in [5.74, 6) is 0.899. The van der Waals surface area contributed by atoms with Gasteiger partial charge in [-0.05, 0) is 25.2 Å². The van der Waals surface area contributed by atoms with Crippen LogP contribution in [-0.4, -0.2) is 38.4 Å². The molecule has 0 spiro atoms. The molecule has 2 N–H and O–H groups in total. The van der Waals surface area contributed by atoms with Crippen molar-refractivity contribution in [1.82, 2.24) is 19.9 Å². The van der Waals surface area contributed by atoms with E-state index in [9.17, 15) is 4.79 Å². The highest BCUT2D eigenvalue weighted by molar-refractivity contribution is 5.76. The molecule has 6 nitrogen and oxygen atoms in total. The van der Waals surface area contributed by atoms with Crippen LogP contribution >= 0.6 is 0 Å². The fraction of sp³-hybridized carbons (Fsp3) is 0.769. The highest BCUT2D eigenvalue weighted by Crippen LogP contribution is 2.36. The molecule has 3 rings (SSSR count). The van der Waals surface area contributed by atoms with Gasteiger partial charge in [-0.1, -0.05) is 18.1 Å². The minimum atomic E-state index is 0.169. The monoisotopic (exact) mass is 263 g/mol. The van der Waals surface area contributed by atoms with Gasteiger partial charge in [0, 0.05) is 19.1 Å². The lowest BCUT2D eigenvalue weighted by atomic mass is 9.85. The maximum atomic E-state index is 12.4. The third-order valence-electron chi connectivity index (χ3n) is 4.42. The first-order valence-corrected chi connectivity index (χ1v) is 7.16. The molecule has 1 aliphatic heterocycles. The van der Waals surface area contributed by atoms with Crippen molar-refractivity contribution in [2.24, 2.45) is 11.7 Å². The molecule has 1 saturated carbocycles. The summed E-state index contributed by atoms with van der Waals surface area (Å²) >= 11 is 0. The molecule has 1 aliphatic carbocycles. The van der Waals surface area contributed by atoms with Gasteiger partial charge < -0.3 is 10.6 Å². The van der Waals surface area contributed by atoms with E-state index in [0.717, 1.165) is 18.2 Å². The molecule has 104 valence electrons. The van der Waals surface area contributed by atoms with Gasteiger partial charge in [-0.3, -0.25) is 4.79 Å². The number of hydrogen-bond donors (Lipinski definition) is 1. The summed E-state index contributed by atoms with van der Waals surface area (Å²) < 4.78 is 1.60. The molecule has 2 atom stereocenters. The summed E-state index contributed by atoms with van der Waals surface area (Å²) in [6.45, 7) is 1.56. The molecule has 0 radical (unpaired) electrons. The summed E-state index contributed by atoms with van der Waals surface area (Å²) in [7, 11) is 0. The third kappa shape index (κ3) is 2.49. The molecule has 0 aromatic carbocycles. The van der Waals surface area contributed by atoms with Gasteiger partial charge in [-0.15, -0.1) is 5.10 Å². The molecule has 2 heterocycles. The van der Waals surface area contributed by atoms with Crippen molar-refractivity contribution in [2.75, 3.05) is 6.54 Å². The minimum absolute atomic E-state index is 0.169. The number of nitrogens with zero attached hydrogens (tertiary/aromatic N) is 4. The van der Waals surface area contributed by atoms with Crippen LogP contribution in [0.15, 0.2) is 6.20 Å². The van der Waals surface area contributed by atoms with Crippen LogP contribution in [0.3, 0.4) is 0 Å². The molecule has 19 heavy (non-hydrogen) atoms. The zero-order valence-electron chi connectivity index (χ0n) is 11.2. The van der Waals surface area contributed by atoms with Crippen LogP contribution in [0.1, 0.15) is 37.8 Å². The summed E-state index contributed by atoms with van der Waals surface area (Å²) in [5.41, 5.74) is 6.22. The van der Waals surface area contributed by atoms with Crippen molar-refractivity contribution < 1.29 is 4.79 Å². The van der Waals surface area contributed by atoms with Crippen LogP contribution in [0, 0.1) is 5.92 Å². The minimum Gasteiger partial charge on any atom is -0.338 e. The van der Waals surface area contributed by atoms with Gasteiger partial charge in [0.15, 0.2) is 0 Å². The third-order valence-corrected chi connectivity index (χ3v) is 4.42. The van der Waals surface area contributed by atoms with E-state index in [2.05, 4.69) is 15.2 Å². The Bertz CT molecular complexity index is 458. The highest BCUT2D eigenvalue weighted by atomic mass is 16.2. The van der Waals surface area contributed by atoms with E-state index in [1.807, 2.05) is 0 Å². The molecule has 0 bridgehead atoms. The lowest BCUT2D eigenvalue weighted by Crippen LogP contribution is -2.41. The second-order valence-electron chi connectivity index (χ2n) is 5.60. The van der Waals surface area contributed by atoms with Crippen LogP contribution in [0.4, 0.5) is 0 Å². The fourth-order valence-corrected chi connectivity index (χ4v) is 3.45. The van der Waals surface area contributed by atoms with Crippen molar-refractivity contribution in [3.63, 3.8) is 0 Å². The Morgan fingerprint density at radius 3 is 3.00 bits per heavy atom. The SMILES string of the molecule is NCc1cn(CC(=O)N2CCC3CCCCC32)nn1. The number of hydrogen-bond acceptors (Lipinski definition) is 4. The van der Waals surface area contributed by atoms with Crippen LogP contribution in [-0.2, 0) is 17.9 Å². The predicted octanol–water partition coefficient (Wildman–Crippen LogP) is 0.528. The number of amides is 1. The van der Waals surface area contributed by atoms with E-state index >= 15 is 0 Å². The highest BCUT2D eigenvalue weighted by Gasteiger charge is 2.37. The average Bonchev–Trinajstić information content (AvgIpc) is 3.04. The van der Waals surface area contributed by atoms with E-state index in [1.165, 1.54) is 32.1 Å². The zero-order valence-corrected chi connectivity index (χ0v) is 11.2. The second kappa shape index (κ2) is 5.28. The van der Waals surface area contributed by atoms with E-state index in [1.54, 1.807) is 10.9 Å². The largest absolute Gasteiger partial charge is 0.338 e. The van der Waals surface area contributed by atoms with E-state index in [4.69, 9.17) is 5.73 Å². The number of nitrogens with two attached hydrogens (primary N) is 1. The van der Waals surface area contributed by atoms with Gasteiger partial charge in [0.2, 0.25) is 5.91 Å². The second-order valence-corrected chi connectivity index (χ2v) is 5.60. The standard InChI is InChI=1S/C13H21N5O/c14-7-11-8-17(16-15-11)9-13(19)18-6-5-10-3-1-2-4-12(10)18/h8,10,12H,1-7,9,14H2. The summed E-state index contributed by atoms with van der Waals surface area (Å²) in [4.78, 5) is 14.4. The molecule has 1 aromatic rings. The smallest absolute Gasteiger partial charge is 0.244 e. The number of aromatic nitrogens is 3. The van der Waals surface area contributed by atoms with Crippen LogP contribution in [0.25, 0.3) is 0 Å². The number of likely N-dealkylation sites (tertiary alicyclic amines) is 1. The first-order chi connectivity index (χ1) is 9.28. The fourth-order valence-electron chi connectivity index (χ4n) is 3.45. The van der Waals surface area contributed by atoms with E-state index in [0.29, 0.717) is 12.6 Å². The molecule has 2 unspecified atom stereocenters. The van der Waals surface area contributed by atoms with Crippen molar-refractivity contribution in [3.8, 4) is 0 Å². The van der Waals surface area contributed by atoms with Crippen molar-refractivity contribution in [2.45, 2.75) is 51.2 Å². The molecule has 1 aromatic heterocycles. The van der Waals surface area contributed by atoms with Gasteiger partial charge in [-0.25, -0.2) is 4.68 Å². The average molecular weight is 263 g/mol. The Balaban J connectivity index is 1.63. The van der Waals surface area contributed by atoms with Crippen LogP contribution in [0.5, 0.6) is 0 Å². The quantitative estimate of drug-likeness (QED) is 0.863. The lowest BCUT2D eigenvalue weighted by molar-refractivity contribution is -0.133. The first kappa shape index (κ1) is 12.6. The number of fused-ring (bicyclic) bond motifs is 1.